The van der Waals surface area contributed by atoms with Crippen molar-refractivity contribution in [3.63, 3.8) is 0 Å². The zero-order chi connectivity index (χ0) is 19.1. The molecule has 6 heteroatoms. The highest BCUT2D eigenvalue weighted by molar-refractivity contribution is 7.13. The van der Waals surface area contributed by atoms with Crippen LogP contribution in [0.5, 0.6) is 0 Å². The minimum absolute atomic E-state index is 0.0360. The molecule has 140 valence electrons. The van der Waals surface area contributed by atoms with Crippen LogP contribution < -0.4 is 0 Å². The van der Waals surface area contributed by atoms with Crippen molar-refractivity contribution in [3.05, 3.63) is 59.7 Å². The molecule has 1 aromatic carbocycles. The van der Waals surface area contributed by atoms with E-state index in [0.717, 1.165) is 52.4 Å². The monoisotopic (exact) mass is 388 g/mol. The molecule has 4 aromatic rings. The van der Waals surface area contributed by atoms with Crippen LogP contribution in [-0.4, -0.2) is 38.8 Å². The molecule has 5 nitrogen and oxygen atoms in total. The lowest BCUT2D eigenvalue weighted by Crippen LogP contribution is -2.28. The molecule has 28 heavy (non-hydrogen) atoms. The average molecular weight is 388 g/mol. The van der Waals surface area contributed by atoms with E-state index in [9.17, 15) is 4.79 Å². The average Bonchev–Trinajstić information content (AvgIpc) is 3.46. The zero-order valence-electron chi connectivity index (χ0n) is 15.6. The third-order valence-corrected chi connectivity index (χ3v) is 6.13. The first-order valence-electron chi connectivity index (χ1n) is 9.47. The molecule has 1 N–H and O–H groups in total. The molecule has 1 fully saturated rings. The number of aromatic amines is 1. The molecule has 4 heterocycles. The number of nitrogens with one attached hydrogen (secondary N) is 1. The first-order valence-corrected chi connectivity index (χ1v) is 10.3. The van der Waals surface area contributed by atoms with Crippen molar-refractivity contribution in [1.82, 2.24) is 19.9 Å². The molecule has 1 saturated heterocycles. The van der Waals surface area contributed by atoms with Gasteiger partial charge in [-0.05, 0) is 30.0 Å². The molecule has 0 unspecified atom stereocenters. The molecule has 1 aliphatic heterocycles. The van der Waals surface area contributed by atoms with Gasteiger partial charge in [0.05, 0.1) is 0 Å². The normalized spacial score (nSPS) is 16.8. The smallest absolute Gasteiger partial charge is 0.273 e. The van der Waals surface area contributed by atoms with Gasteiger partial charge in [-0.15, -0.1) is 11.3 Å². The summed E-state index contributed by atoms with van der Waals surface area (Å²) in [5.74, 6) is 0.606. The van der Waals surface area contributed by atoms with Crippen LogP contribution in [0.4, 0.5) is 0 Å². The van der Waals surface area contributed by atoms with Crippen molar-refractivity contribution in [1.29, 1.82) is 0 Å². The minimum atomic E-state index is 0.0360. The fourth-order valence-electron chi connectivity index (χ4n) is 3.69. The van der Waals surface area contributed by atoms with E-state index in [4.69, 9.17) is 0 Å². The number of carbonyl (C=O) groups excluding carboxylic acids is 1. The lowest BCUT2D eigenvalue weighted by molar-refractivity contribution is 0.0783. The zero-order valence-corrected chi connectivity index (χ0v) is 16.4. The molecule has 0 bridgehead atoms. The van der Waals surface area contributed by atoms with E-state index in [2.05, 4.69) is 46.1 Å². The maximum atomic E-state index is 12.7. The second-order valence-electron chi connectivity index (χ2n) is 7.39. The Bertz CT molecular complexity index is 1150. The van der Waals surface area contributed by atoms with Gasteiger partial charge in [-0.3, -0.25) is 4.79 Å². The van der Waals surface area contributed by atoms with Gasteiger partial charge in [0.2, 0.25) is 0 Å². The number of nitrogens with zero attached hydrogens (tertiary/aromatic N) is 3. The quantitative estimate of drug-likeness (QED) is 0.546. The molecule has 1 aliphatic rings. The van der Waals surface area contributed by atoms with E-state index in [1.807, 2.05) is 34.7 Å². The number of hydrogen-bond acceptors (Lipinski definition) is 4. The third-order valence-electron chi connectivity index (χ3n) is 5.24. The van der Waals surface area contributed by atoms with Crippen molar-refractivity contribution >= 4 is 28.3 Å². The fraction of sp³-hybridized carbons (Fsp3) is 0.227. The van der Waals surface area contributed by atoms with Crippen molar-refractivity contribution in [3.8, 4) is 21.8 Å². The topological polar surface area (TPSA) is 61.9 Å². The molecule has 5 rings (SSSR count). The predicted octanol–water partition coefficient (Wildman–Crippen LogP) is 4.84. The summed E-state index contributed by atoms with van der Waals surface area (Å²) in [5, 5.41) is 3.72. The third kappa shape index (κ3) is 3.10. The Morgan fingerprint density at radius 2 is 2.07 bits per heavy atom. The lowest BCUT2D eigenvalue weighted by atomic mass is 10.1. The number of rotatable bonds is 3. The highest BCUT2D eigenvalue weighted by Gasteiger charge is 2.25. The summed E-state index contributed by atoms with van der Waals surface area (Å²) in [7, 11) is 0. The Kier molecular flexibility index (Phi) is 4.20. The number of amides is 1. The summed E-state index contributed by atoms with van der Waals surface area (Å²) >= 11 is 1.49. The number of thiazole rings is 1. The Hall–Kier alpha value is -2.99. The maximum absolute atomic E-state index is 12.7. The molecule has 0 spiro atoms. The van der Waals surface area contributed by atoms with Crippen LogP contribution >= 0.6 is 11.3 Å². The van der Waals surface area contributed by atoms with Crippen LogP contribution in [0.2, 0.25) is 0 Å². The summed E-state index contributed by atoms with van der Waals surface area (Å²) < 4.78 is 0. The highest BCUT2D eigenvalue weighted by Crippen LogP contribution is 2.29. The molecule has 0 saturated carbocycles. The van der Waals surface area contributed by atoms with E-state index in [1.54, 1.807) is 0 Å². The molecule has 0 aliphatic carbocycles. The Morgan fingerprint density at radius 3 is 2.86 bits per heavy atom. The molecular formula is C22H20N4OS. The molecule has 1 atom stereocenters. The second-order valence-corrected chi connectivity index (χ2v) is 8.25. The van der Waals surface area contributed by atoms with Crippen LogP contribution in [0.1, 0.15) is 23.8 Å². The maximum Gasteiger partial charge on any atom is 0.273 e. The first kappa shape index (κ1) is 17.1. The molecular weight excluding hydrogens is 368 g/mol. The SMILES string of the molecule is C[C@H]1CCN(C(=O)c2csc(-c3cnc4[nH]c(-c5ccccc5)cc4c3)n2)C1. The van der Waals surface area contributed by atoms with Crippen LogP contribution in [0.25, 0.3) is 32.9 Å². The lowest BCUT2D eigenvalue weighted by Gasteiger charge is -2.13. The standard InChI is InChI=1S/C22H20N4OS/c1-14-7-8-26(12-14)22(27)19-13-28-21(25-19)17-9-16-10-18(24-20(16)23-11-17)15-5-3-2-4-6-15/h2-6,9-11,13-14H,7-8,12H2,1H3,(H,23,24)/t14-/m0/s1. The van der Waals surface area contributed by atoms with Crippen molar-refractivity contribution in [2.24, 2.45) is 5.92 Å². The second kappa shape index (κ2) is 6.87. The minimum Gasteiger partial charge on any atom is -0.339 e. The van der Waals surface area contributed by atoms with E-state index in [0.29, 0.717) is 11.6 Å². The van der Waals surface area contributed by atoms with E-state index in [1.165, 1.54) is 11.3 Å². The number of carbonyl (C=O) groups is 1. The molecule has 3 aromatic heterocycles. The van der Waals surface area contributed by atoms with Crippen molar-refractivity contribution in [2.75, 3.05) is 13.1 Å². The van der Waals surface area contributed by atoms with Crippen LogP contribution in [0.15, 0.2) is 54.0 Å². The number of fused-ring (bicyclic) bond motifs is 1. The van der Waals surface area contributed by atoms with Gasteiger partial charge in [0, 0.05) is 41.3 Å². The van der Waals surface area contributed by atoms with Crippen LogP contribution in [0, 0.1) is 5.92 Å². The van der Waals surface area contributed by atoms with Gasteiger partial charge in [0.1, 0.15) is 16.3 Å². The van der Waals surface area contributed by atoms with Gasteiger partial charge in [0.15, 0.2) is 0 Å². The summed E-state index contributed by atoms with van der Waals surface area (Å²) in [4.78, 5) is 27.1. The van der Waals surface area contributed by atoms with Gasteiger partial charge in [-0.1, -0.05) is 37.3 Å². The van der Waals surface area contributed by atoms with Crippen LogP contribution in [0.3, 0.4) is 0 Å². The summed E-state index contributed by atoms with van der Waals surface area (Å²) in [5.41, 5.74) is 4.49. The Balaban J connectivity index is 1.43. The van der Waals surface area contributed by atoms with Gasteiger partial charge >= 0.3 is 0 Å². The van der Waals surface area contributed by atoms with E-state index >= 15 is 0 Å². The predicted molar refractivity (Wildman–Crippen MR) is 112 cm³/mol. The summed E-state index contributed by atoms with van der Waals surface area (Å²) in [6, 6.07) is 14.4. The number of H-pyrrole nitrogens is 1. The van der Waals surface area contributed by atoms with Crippen molar-refractivity contribution < 1.29 is 4.79 Å². The van der Waals surface area contributed by atoms with Crippen LogP contribution in [-0.2, 0) is 0 Å². The molecule has 1 amide bonds. The summed E-state index contributed by atoms with van der Waals surface area (Å²) in [6.45, 7) is 3.83. The fourth-order valence-corrected chi connectivity index (χ4v) is 4.47. The highest BCUT2D eigenvalue weighted by atomic mass is 32.1. The number of likely N-dealkylation sites (tertiary alicyclic amines) is 1. The number of pyridine rings is 1. The summed E-state index contributed by atoms with van der Waals surface area (Å²) in [6.07, 6.45) is 2.89. The number of hydrogen-bond donors (Lipinski definition) is 1. The van der Waals surface area contributed by atoms with Gasteiger partial charge in [-0.2, -0.15) is 0 Å². The first-order chi connectivity index (χ1) is 13.7. The van der Waals surface area contributed by atoms with Gasteiger partial charge < -0.3 is 9.88 Å². The van der Waals surface area contributed by atoms with Crippen molar-refractivity contribution in [2.45, 2.75) is 13.3 Å². The van der Waals surface area contributed by atoms with E-state index < -0.39 is 0 Å². The van der Waals surface area contributed by atoms with Gasteiger partial charge in [0.25, 0.3) is 5.91 Å². The largest absolute Gasteiger partial charge is 0.339 e. The van der Waals surface area contributed by atoms with Gasteiger partial charge in [-0.25, -0.2) is 9.97 Å². The number of benzene rings is 1. The number of aromatic nitrogens is 3. The van der Waals surface area contributed by atoms with E-state index in [-0.39, 0.29) is 5.91 Å². The Morgan fingerprint density at radius 1 is 1.21 bits per heavy atom. The molecule has 0 radical (unpaired) electrons. The Labute approximate surface area is 167 Å².